The lowest BCUT2D eigenvalue weighted by Crippen LogP contribution is -2.24. The summed E-state index contributed by atoms with van der Waals surface area (Å²) in [4.78, 5) is 31.4. The number of benzene rings is 1. The van der Waals surface area contributed by atoms with Gasteiger partial charge in [0.2, 0.25) is 0 Å². The van der Waals surface area contributed by atoms with Crippen LogP contribution in [0.2, 0.25) is 0 Å². The van der Waals surface area contributed by atoms with Gasteiger partial charge >= 0.3 is 5.97 Å². The molecule has 0 aliphatic rings. The van der Waals surface area contributed by atoms with E-state index in [1.54, 1.807) is 17.6 Å². The highest BCUT2D eigenvalue weighted by Crippen LogP contribution is 2.36. The highest BCUT2D eigenvalue weighted by Gasteiger charge is 2.22. The lowest BCUT2D eigenvalue weighted by molar-refractivity contribution is -0.139. The Bertz CT molecular complexity index is 1050. The Kier molecular flexibility index (Phi) is 5.82. The number of ether oxygens (including phenoxy) is 1. The molecular weight excluding hydrogens is 380 g/mol. The molecule has 0 aliphatic carbocycles. The molecule has 0 aliphatic heterocycles. The van der Waals surface area contributed by atoms with Crippen LogP contribution in [0.4, 0.5) is 0 Å². The summed E-state index contributed by atoms with van der Waals surface area (Å²) in [6.07, 6.45) is 1.65. The van der Waals surface area contributed by atoms with Crippen molar-refractivity contribution in [2.75, 3.05) is 7.11 Å². The molecule has 1 aromatic carbocycles. The molecule has 0 fully saturated rings. The summed E-state index contributed by atoms with van der Waals surface area (Å²) in [5.41, 5.74) is 1.87. The van der Waals surface area contributed by atoms with Crippen molar-refractivity contribution < 1.29 is 9.53 Å². The smallest absolute Gasteiger partial charge is 0.318 e. The van der Waals surface area contributed by atoms with Gasteiger partial charge in [0.25, 0.3) is 5.56 Å². The summed E-state index contributed by atoms with van der Waals surface area (Å²) in [6, 6.07) is 9.96. The molecule has 0 radical (unpaired) electrons. The molecule has 5 nitrogen and oxygen atoms in total. The van der Waals surface area contributed by atoms with Gasteiger partial charge in [0, 0.05) is 11.4 Å². The van der Waals surface area contributed by atoms with E-state index in [1.165, 1.54) is 30.2 Å². The molecule has 3 aromatic rings. The fourth-order valence-electron chi connectivity index (χ4n) is 2.82. The van der Waals surface area contributed by atoms with Crippen molar-refractivity contribution >= 4 is 39.3 Å². The van der Waals surface area contributed by atoms with E-state index in [2.05, 4.69) is 6.58 Å². The number of carbonyl (C=O) groups is 1. The molecule has 0 saturated heterocycles. The van der Waals surface area contributed by atoms with Gasteiger partial charge < -0.3 is 4.74 Å². The zero-order chi connectivity index (χ0) is 19.6. The van der Waals surface area contributed by atoms with E-state index in [4.69, 9.17) is 9.72 Å². The number of aryl methyl sites for hydroxylation is 1. The Hall–Kier alpha value is -2.38. The molecule has 140 valence electrons. The van der Waals surface area contributed by atoms with Gasteiger partial charge in [0.15, 0.2) is 5.16 Å². The molecule has 27 heavy (non-hydrogen) atoms. The van der Waals surface area contributed by atoms with Crippen molar-refractivity contribution in [1.29, 1.82) is 0 Å². The van der Waals surface area contributed by atoms with Crippen LogP contribution in [0.25, 0.3) is 20.7 Å². The lowest BCUT2D eigenvalue weighted by Gasteiger charge is -2.13. The monoisotopic (exact) mass is 400 g/mol. The van der Waals surface area contributed by atoms with E-state index in [0.717, 1.165) is 16.0 Å². The summed E-state index contributed by atoms with van der Waals surface area (Å²) in [6.45, 7) is 7.75. The highest BCUT2D eigenvalue weighted by molar-refractivity contribution is 8.00. The van der Waals surface area contributed by atoms with Crippen molar-refractivity contribution in [3.05, 3.63) is 58.9 Å². The van der Waals surface area contributed by atoms with E-state index in [1.807, 2.05) is 37.3 Å². The first-order valence-electron chi connectivity index (χ1n) is 8.42. The minimum absolute atomic E-state index is 0.115. The van der Waals surface area contributed by atoms with Crippen LogP contribution in [0.15, 0.2) is 52.9 Å². The molecule has 0 saturated carbocycles. The van der Waals surface area contributed by atoms with Gasteiger partial charge in [-0.05, 0) is 25.0 Å². The summed E-state index contributed by atoms with van der Waals surface area (Å²) in [5.74, 6) is -0.355. The molecule has 0 unspecified atom stereocenters. The summed E-state index contributed by atoms with van der Waals surface area (Å²) in [5, 5.41) is 0.645. The number of nitrogens with zero attached hydrogens (tertiary/aromatic N) is 2. The van der Waals surface area contributed by atoms with Crippen LogP contribution in [0, 0.1) is 6.92 Å². The third kappa shape index (κ3) is 3.70. The predicted molar refractivity (Wildman–Crippen MR) is 112 cm³/mol. The summed E-state index contributed by atoms with van der Waals surface area (Å²) < 4.78 is 6.35. The Morgan fingerprint density at radius 1 is 1.41 bits per heavy atom. The van der Waals surface area contributed by atoms with E-state index in [-0.39, 0.29) is 11.5 Å². The number of thioether (sulfide) groups is 1. The van der Waals surface area contributed by atoms with Crippen LogP contribution in [0.1, 0.15) is 12.5 Å². The third-order valence-electron chi connectivity index (χ3n) is 4.18. The number of carbonyl (C=O) groups excluding carboxylic acids is 1. The number of esters is 1. The molecule has 7 heteroatoms. The van der Waals surface area contributed by atoms with E-state index < -0.39 is 5.25 Å². The zero-order valence-electron chi connectivity index (χ0n) is 15.4. The first-order valence-corrected chi connectivity index (χ1v) is 10.1. The Labute approximate surface area is 165 Å². The second-order valence-electron chi connectivity index (χ2n) is 5.98. The van der Waals surface area contributed by atoms with Crippen molar-refractivity contribution in [3.63, 3.8) is 0 Å². The van der Waals surface area contributed by atoms with E-state index in [0.29, 0.717) is 21.9 Å². The van der Waals surface area contributed by atoms with Crippen LogP contribution >= 0.6 is 23.1 Å². The Balaban J connectivity index is 2.19. The topological polar surface area (TPSA) is 61.2 Å². The van der Waals surface area contributed by atoms with Crippen LogP contribution < -0.4 is 5.56 Å². The molecule has 0 bridgehead atoms. The van der Waals surface area contributed by atoms with Gasteiger partial charge in [-0.15, -0.1) is 17.9 Å². The van der Waals surface area contributed by atoms with Crippen molar-refractivity contribution in [2.24, 2.45) is 0 Å². The first kappa shape index (κ1) is 19.4. The van der Waals surface area contributed by atoms with E-state index >= 15 is 0 Å². The molecule has 2 heterocycles. The number of methoxy groups -OCH3 is 1. The lowest BCUT2D eigenvalue weighted by atomic mass is 10.1. The molecule has 2 aromatic heterocycles. The van der Waals surface area contributed by atoms with Gasteiger partial charge in [-0.1, -0.05) is 48.2 Å². The average Bonchev–Trinajstić information content (AvgIpc) is 3.01. The predicted octanol–water partition coefficient (Wildman–Crippen LogP) is 4.27. The normalized spacial score (nSPS) is 12.1. The largest absolute Gasteiger partial charge is 0.468 e. The second-order valence-corrected chi connectivity index (χ2v) is 8.29. The molecule has 0 N–H and O–H groups in total. The zero-order valence-corrected chi connectivity index (χ0v) is 17.0. The molecular formula is C20H20N2O3S2. The number of rotatable bonds is 6. The SMILES string of the molecule is C=CCn1c(S[C@H](C)C(=O)OC)nc2sc(-c3ccccc3)c(C)c2c1=O. The second kappa shape index (κ2) is 8.10. The molecule has 1 atom stereocenters. The number of thiophene rings is 1. The van der Waals surface area contributed by atoms with Gasteiger partial charge in [-0.3, -0.25) is 14.2 Å². The van der Waals surface area contributed by atoms with Crippen molar-refractivity contribution in [2.45, 2.75) is 30.8 Å². The number of hydrogen-bond donors (Lipinski definition) is 0. The van der Waals surface area contributed by atoms with Crippen LogP contribution in [-0.2, 0) is 16.1 Å². The average molecular weight is 401 g/mol. The Morgan fingerprint density at radius 2 is 2.11 bits per heavy atom. The van der Waals surface area contributed by atoms with Crippen LogP contribution in [0.3, 0.4) is 0 Å². The number of allylic oxidation sites excluding steroid dienone is 1. The van der Waals surface area contributed by atoms with Crippen molar-refractivity contribution in [1.82, 2.24) is 9.55 Å². The molecule has 0 spiro atoms. The van der Waals surface area contributed by atoms with Crippen molar-refractivity contribution in [3.8, 4) is 10.4 Å². The van der Waals surface area contributed by atoms with Gasteiger partial charge in [0.1, 0.15) is 10.1 Å². The first-order chi connectivity index (χ1) is 13.0. The minimum Gasteiger partial charge on any atom is -0.468 e. The third-order valence-corrected chi connectivity index (χ3v) is 6.48. The standard InChI is InChI=1S/C20H20N2O3S2/c1-5-11-22-18(23)15-12(2)16(14-9-7-6-8-10-14)27-17(15)21-20(22)26-13(3)19(24)25-4/h5-10,13H,1,11H2,2-4H3/t13-/m1/s1. The molecule has 0 amide bonds. The Morgan fingerprint density at radius 3 is 2.74 bits per heavy atom. The number of aromatic nitrogens is 2. The fraction of sp³-hybridized carbons (Fsp3) is 0.250. The summed E-state index contributed by atoms with van der Waals surface area (Å²) >= 11 is 2.71. The van der Waals surface area contributed by atoms with Gasteiger partial charge in [-0.2, -0.15) is 0 Å². The summed E-state index contributed by atoms with van der Waals surface area (Å²) in [7, 11) is 1.35. The maximum Gasteiger partial charge on any atom is 0.318 e. The van der Waals surface area contributed by atoms with Crippen LogP contribution in [0.5, 0.6) is 0 Å². The van der Waals surface area contributed by atoms with Gasteiger partial charge in [0.05, 0.1) is 12.5 Å². The van der Waals surface area contributed by atoms with Crippen LogP contribution in [-0.4, -0.2) is 27.9 Å². The number of fused-ring (bicyclic) bond motifs is 1. The highest BCUT2D eigenvalue weighted by atomic mass is 32.2. The van der Waals surface area contributed by atoms with Gasteiger partial charge in [-0.25, -0.2) is 4.98 Å². The fourth-order valence-corrected chi connectivity index (χ4v) is 4.99. The minimum atomic E-state index is -0.468. The molecule has 3 rings (SSSR count). The maximum absolute atomic E-state index is 13.2. The quantitative estimate of drug-likeness (QED) is 0.268. The number of hydrogen-bond acceptors (Lipinski definition) is 6. The maximum atomic E-state index is 13.2. The van der Waals surface area contributed by atoms with E-state index in [9.17, 15) is 9.59 Å².